The van der Waals surface area contributed by atoms with Crippen LogP contribution in [0.2, 0.25) is 0 Å². The van der Waals surface area contributed by atoms with Crippen LogP contribution in [-0.4, -0.2) is 23.5 Å². The van der Waals surface area contributed by atoms with Crippen molar-refractivity contribution in [2.75, 3.05) is 0 Å². The first-order valence-corrected chi connectivity index (χ1v) is 19.5. The highest BCUT2D eigenvalue weighted by Crippen LogP contribution is 2.49. The van der Waals surface area contributed by atoms with Gasteiger partial charge in [0.15, 0.2) is 0 Å². The van der Waals surface area contributed by atoms with Crippen LogP contribution in [0.5, 0.6) is 0 Å². The van der Waals surface area contributed by atoms with Crippen LogP contribution in [0.1, 0.15) is 0 Å². The molecule has 5 nitrogen and oxygen atoms in total. The second-order valence-electron chi connectivity index (χ2n) is 15.3. The van der Waals surface area contributed by atoms with E-state index in [2.05, 4.69) is 189 Å². The summed E-state index contributed by atoms with van der Waals surface area (Å²) in [5, 5.41) is 13.1. The van der Waals surface area contributed by atoms with Gasteiger partial charge in [0, 0.05) is 54.3 Å². The fourth-order valence-corrected chi connectivity index (χ4v) is 10.3. The number of nitrogens with zero attached hydrogens (tertiary/aromatic N) is 5. The van der Waals surface area contributed by atoms with Crippen LogP contribution in [0, 0.1) is 0 Å². The van der Waals surface area contributed by atoms with Crippen molar-refractivity contribution in [3.8, 4) is 22.9 Å². The fourth-order valence-electron chi connectivity index (χ4n) is 10.3. The van der Waals surface area contributed by atoms with Crippen molar-refractivity contribution in [2.24, 2.45) is 0 Å². The van der Waals surface area contributed by atoms with Gasteiger partial charge in [-0.25, -0.2) is 9.97 Å². The fraction of sp³-hybridized carbons (Fsp3) is 0. The minimum absolute atomic E-state index is 0.663. The lowest BCUT2D eigenvalue weighted by molar-refractivity contribution is 1.02. The highest BCUT2D eigenvalue weighted by atomic mass is 15.2. The average molecular weight is 724 g/mol. The largest absolute Gasteiger partial charge is 0.309 e. The van der Waals surface area contributed by atoms with Crippen molar-refractivity contribution in [2.45, 2.75) is 0 Å². The van der Waals surface area contributed by atoms with Gasteiger partial charge in [-0.15, -0.1) is 0 Å². The first-order valence-electron chi connectivity index (χ1n) is 19.5. The van der Waals surface area contributed by atoms with Gasteiger partial charge in [-0.2, -0.15) is 0 Å². The summed E-state index contributed by atoms with van der Waals surface area (Å²) in [6, 6.07) is 63.7. The van der Waals surface area contributed by atoms with Crippen molar-refractivity contribution in [1.29, 1.82) is 0 Å². The van der Waals surface area contributed by atoms with E-state index < -0.39 is 0 Å². The zero-order valence-corrected chi connectivity index (χ0v) is 30.5. The van der Waals surface area contributed by atoms with E-state index in [0.29, 0.717) is 5.95 Å². The summed E-state index contributed by atoms with van der Waals surface area (Å²) in [5.74, 6) is 0.663. The van der Waals surface area contributed by atoms with E-state index >= 15 is 0 Å². The SMILES string of the molecule is c1ccc(-n2c3ccc4c5c3c3c2cccc3n2c3ccccc3c3ccc(c5c32)n4-c2nc(-c3cccc4ccccc34)c3ccc4ccccc4c3n2)cc1. The Balaban J connectivity index is 1.23. The molecule has 0 aliphatic rings. The average Bonchev–Trinajstić information content (AvgIpc) is 3.88. The highest BCUT2D eigenvalue weighted by Gasteiger charge is 2.28. The molecule has 14 aromatic rings. The van der Waals surface area contributed by atoms with Gasteiger partial charge in [-0.3, -0.25) is 4.57 Å². The lowest BCUT2D eigenvalue weighted by Crippen LogP contribution is -2.04. The smallest absolute Gasteiger partial charge is 0.235 e. The molecule has 0 saturated heterocycles. The zero-order valence-electron chi connectivity index (χ0n) is 30.5. The number of aromatic nitrogens is 5. The summed E-state index contributed by atoms with van der Waals surface area (Å²) in [6.45, 7) is 0. The molecule has 5 heteroatoms. The minimum atomic E-state index is 0.663. The zero-order chi connectivity index (χ0) is 36.9. The number of hydrogen-bond donors (Lipinski definition) is 0. The molecule has 57 heavy (non-hydrogen) atoms. The van der Waals surface area contributed by atoms with Gasteiger partial charge in [-0.1, -0.05) is 121 Å². The van der Waals surface area contributed by atoms with Crippen molar-refractivity contribution in [3.05, 3.63) is 176 Å². The van der Waals surface area contributed by atoms with Gasteiger partial charge in [0.25, 0.3) is 0 Å². The van der Waals surface area contributed by atoms with E-state index in [1.165, 1.54) is 70.7 Å². The Hall–Kier alpha value is -7.76. The monoisotopic (exact) mass is 723 g/mol. The van der Waals surface area contributed by atoms with E-state index in [1.54, 1.807) is 0 Å². The molecule has 0 aliphatic heterocycles. The quantitative estimate of drug-likeness (QED) is 0.170. The Morgan fingerprint density at radius 3 is 1.81 bits per heavy atom. The van der Waals surface area contributed by atoms with E-state index in [-0.39, 0.29) is 0 Å². The molecule has 0 bridgehead atoms. The summed E-state index contributed by atoms with van der Waals surface area (Å²) in [5.41, 5.74) is 12.3. The second kappa shape index (κ2) is 10.5. The van der Waals surface area contributed by atoms with Crippen LogP contribution in [0.3, 0.4) is 0 Å². The molecule has 0 atom stereocenters. The van der Waals surface area contributed by atoms with Gasteiger partial charge in [0.2, 0.25) is 5.95 Å². The third-order valence-corrected chi connectivity index (χ3v) is 12.5. The molecular formula is C52H29N5. The van der Waals surface area contributed by atoms with Crippen molar-refractivity contribution in [1.82, 2.24) is 23.5 Å². The van der Waals surface area contributed by atoms with Gasteiger partial charge >= 0.3 is 0 Å². The molecule has 0 unspecified atom stereocenters. The topological polar surface area (TPSA) is 40.0 Å². The normalized spacial score (nSPS) is 12.6. The molecule has 0 fully saturated rings. The van der Waals surface area contributed by atoms with Gasteiger partial charge in [0.05, 0.1) is 49.8 Å². The lowest BCUT2D eigenvalue weighted by atomic mass is 9.98. The molecule has 0 saturated carbocycles. The minimum Gasteiger partial charge on any atom is -0.309 e. The number of benzene rings is 9. The number of fused-ring (bicyclic) bond motifs is 8. The molecule has 262 valence electrons. The first-order chi connectivity index (χ1) is 28.3. The lowest BCUT2D eigenvalue weighted by Gasteiger charge is -2.14. The maximum Gasteiger partial charge on any atom is 0.235 e. The predicted octanol–water partition coefficient (Wildman–Crippen LogP) is 13.2. The highest BCUT2D eigenvalue weighted by molar-refractivity contribution is 6.38. The Morgan fingerprint density at radius 1 is 0.333 bits per heavy atom. The Labute approximate surface area is 324 Å². The van der Waals surface area contributed by atoms with Crippen LogP contribution in [0.4, 0.5) is 0 Å². The van der Waals surface area contributed by atoms with Crippen LogP contribution in [-0.2, 0) is 0 Å². The third kappa shape index (κ3) is 3.64. The van der Waals surface area contributed by atoms with Crippen LogP contribution >= 0.6 is 0 Å². The molecule has 9 aromatic carbocycles. The molecule has 0 radical (unpaired) electrons. The number of rotatable bonds is 3. The Bertz CT molecular complexity index is 3970. The van der Waals surface area contributed by atoms with Crippen molar-refractivity contribution >= 4 is 103 Å². The van der Waals surface area contributed by atoms with Gasteiger partial charge < -0.3 is 8.97 Å². The van der Waals surface area contributed by atoms with Gasteiger partial charge in [0.1, 0.15) is 0 Å². The molecule has 0 aliphatic carbocycles. The predicted molar refractivity (Wildman–Crippen MR) is 237 cm³/mol. The van der Waals surface area contributed by atoms with Crippen molar-refractivity contribution in [3.63, 3.8) is 0 Å². The maximum absolute atomic E-state index is 5.64. The van der Waals surface area contributed by atoms with Crippen molar-refractivity contribution < 1.29 is 0 Å². The molecule has 0 spiro atoms. The molecule has 0 amide bonds. The van der Waals surface area contributed by atoms with E-state index in [9.17, 15) is 0 Å². The summed E-state index contributed by atoms with van der Waals surface area (Å²) in [4.78, 5) is 11.2. The van der Waals surface area contributed by atoms with Gasteiger partial charge in [-0.05, 0) is 70.8 Å². The summed E-state index contributed by atoms with van der Waals surface area (Å²) >= 11 is 0. The van der Waals surface area contributed by atoms with E-state index in [1.807, 2.05) is 0 Å². The number of para-hydroxylation sites is 2. The molecule has 14 rings (SSSR count). The second-order valence-corrected chi connectivity index (χ2v) is 15.3. The van der Waals surface area contributed by atoms with E-state index in [0.717, 1.165) is 49.7 Å². The maximum atomic E-state index is 5.64. The number of hydrogen-bond acceptors (Lipinski definition) is 2. The molecule has 0 N–H and O–H groups in total. The Kier molecular flexibility index (Phi) is 5.45. The Morgan fingerprint density at radius 2 is 0.930 bits per heavy atom. The summed E-state index contributed by atoms with van der Waals surface area (Å²) in [6.07, 6.45) is 0. The molecule has 5 heterocycles. The molecular weight excluding hydrogens is 695 g/mol. The first kappa shape index (κ1) is 29.6. The van der Waals surface area contributed by atoms with Crippen LogP contribution in [0.25, 0.3) is 126 Å². The van der Waals surface area contributed by atoms with Crippen LogP contribution in [0.15, 0.2) is 176 Å². The van der Waals surface area contributed by atoms with E-state index in [4.69, 9.17) is 9.97 Å². The summed E-state index contributed by atoms with van der Waals surface area (Å²) in [7, 11) is 0. The summed E-state index contributed by atoms with van der Waals surface area (Å²) < 4.78 is 7.29. The molecule has 5 aromatic heterocycles. The third-order valence-electron chi connectivity index (χ3n) is 12.5. The standard InChI is InChI=1S/C52H29N5/c1-2-15-32(16-3-1)55-40-22-11-23-41-45(40)46-42(55)28-29-43-47(46)48-44(27-26-37-35-19-8-9-21-39(35)56(41)51(37)48)57(43)52-53-49-34-18-7-5-13-31(34)24-25-38(49)50(54-52)36-20-10-14-30-12-4-6-17-33(30)36/h1-29H. The van der Waals surface area contributed by atoms with Crippen LogP contribution < -0.4 is 0 Å².